The van der Waals surface area contributed by atoms with Crippen molar-refractivity contribution in [2.75, 3.05) is 23.8 Å². The number of hydrogen-bond donors (Lipinski definition) is 3. The molecule has 2 heterocycles. The fourth-order valence-electron chi connectivity index (χ4n) is 3.52. The molecular weight excluding hydrogens is 426 g/mol. The summed E-state index contributed by atoms with van der Waals surface area (Å²) in [5.41, 5.74) is 5.15. The van der Waals surface area contributed by atoms with Crippen molar-refractivity contribution in [3.63, 3.8) is 0 Å². The van der Waals surface area contributed by atoms with Crippen molar-refractivity contribution >= 4 is 44.7 Å². The van der Waals surface area contributed by atoms with E-state index in [1.807, 2.05) is 37.3 Å². The largest absolute Gasteiger partial charge is 0.486 e. The van der Waals surface area contributed by atoms with E-state index >= 15 is 0 Å². The Labute approximate surface area is 187 Å². The summed E-state index contributed by atoms with van der Waals surface area (Å²) in [5, 5.41) is 5.78. The molecule has 1 atom stereocenters. The number of nitrogens with one attached hydrogen (secondary N) is 2. The quantitative estimate of drug-likeness (QED) is 0.477. The normalized spacial score (nSPS) is 16.8. The number of nitrogens with zero attached hydrogens (tertiary/aromatic N) is 1. The molecule has 5 rings (SSSR count). The molecule has 2 aliphatic rings. The van der Waals surface area contributed by atoms with E-state index in [9.17, 15) is 9.59 Å². The summed E-state index contributed by atoms with van der Waals surface area (Å²) >= 11 is 0. The minimum atomic E-state index is -1.18. The highest BCUT2D eigenvalue weighted by molar-refractivity contribution is 8.40. The standard InChI is InChI=1S/C24H21N3O4S/c1-15-6-8-17(26-23(28)16-7-9-20-21(12-16)31-11-10-30-20)13-19(15)27-24(29)32-14-25-18-4-2-3-5-22(18)32/h2-9,12-14,32H,10-11H2,1H3,(H,26,28)(H,27,29). The fourth-order valence-corrected chi connectivity index (χ4v) is 5.07. The Morgan fingerprint density at radius 3 is 2.62 bits per heavy atom. The Balaban J connectivity index is 1.31. The van der Waals surface area contributed by atoms with Gasteiger partial charge in [0.05, 0.1) is 11.2 Å². The van der Waals surface area contributed by atoms with Crippen molar-refractivity contribution in [2.45, 2.75) is 11.8 Å². The minimum absolute atomic E-state index is 0.105. The van der Waals surface area contributed by atoms with Gasteiger partial charge in [-0.2, -0.15) is 0 Å². The van der Waals surface area contributed by atoms with Crippen LogP contribution < -0.4 is 20.1 Å². The van der Waals surface area contributed by atoms with Gasteiger partial charge in [-0.15, -0.1) is 10.9 Å². The van der Waals surface area contributed by atoms with Gasteiger partial charge in [-0.05, 0) is 55.0 Å². The molecule has 0 fully saturated rings. The summed E-state index contributed by atoms with van der Waals surface area (Å²) in [6.45, 7) is 2.86. The summed E-state index contributed by atoms with van der Waals surface area (Å²) in [5.74, 6) is 0.915. The van der Waals surface area contributed by atoms with Crippen LogP contribution in [-0.4, -0.2) is 29.9 Å². The zero-order chi connectivity index (χ0) is 22.1. The van der Waals surface area contributed by atoms with E-state index in [1.165, 1.54) is 0 Å². The highest BCUT2D eigenvalue weighted by atomic mass is 32.2. The molecule has 2 amide bonds. The average molecular weight is 448 g/mol. The maximum absolute atomic E-state index is 12.9. The molecule has 0 radical (unpaired) electrons. The molecule has 7 nitrogen and oxygen atoms in total. The van der Waals surface area contributed by atoms with Crippen LogP contribution in [0.2, 0.25) is 0 Å². The molecule has 2 N–H and O–H groups in total. The smallest absolute Gasteiger partial charge is 0.272 e. The first kappa shape index (κ1) is 20.1. The topological polar surface area (TPSA) is 89.0 Å². The molecule has 3 aromatic carbocycles. The molecule has 0 aromatic heterocycles. The number of rotatable bonds is 3. The van der Waals surface area contributed by atoms with Crippen molar-refractivity contribution in [2.24, 2.45) is 4.99 Å². The van der Waals surface area contributed by atoms with Gasteiger partial charge in [-0.3, -0.25) is 9.59 Å². The first-order chi connectivity index (χ1) is 15.6. The predicted octanol–water partition coefficient (Wildman–Crippen LogP) is 5.28. The summed E-state index contributed by atoms with van der Waals surface area (Å²) in [7, 11) is -1.18. The van der Waals surface area contributed by atoms with Crippen molar-refractivity contribution < 1.29 is 19.1 Å². The monoisotopic (exact) mass is 447 g/mol. The molecule has 2 aliphatic heterocycles. The van der Waals surface area contributed by atoms with Gasteiger partial charge in [0, 0.05) is 21.8 Å². The molecule has 1 unspecified atom stereocenters. The highest BCUT2D eigenvalue weighted by Gasteiger charge is 2.22. The van der Waals surface area contributed by atoms with E-state index in [1.54, 1.807) is 35.9 Å². The van der Waals surface area contributed by atoms with E-state index in [2.05, 4.69) is 15.6 Å². The lowest BCUT2D eigenvalue weighted by atomic mass is 10.1. The Bertz CT molecular complexity index is 1260. The van der Waals surface area contributed by atoms with E-state index in [4.69, 9.17) is 9.47 Å². The Hall–Kier alpha value is -3.78. The number of aryl methyl sites for hydroxylation is 1. The number of hydrogen-bond acceptors (Lipinski definition) is 5. The summed E-state index contributed by atoms with van der Waals surface area (Å²) < 4.78 is 11.1. The van der Waals surface area contributed by atoms with Crippen molar-refractivity contribution in [1.29, 1.82) is 0 Å². The fraction of sp³-hybridized carbons (Fsp3) is 0.125. The maximum atomic E-state index is 12.9. The summed E-state index contributed by atoms with van der Waals surface area (Å²) in [4.78, 5) is 31.0. The second-order valence-corrected chi connectivity index (χ2v) is 9.23. The van der Waals surface area contributed by atoms with Crippen molar-refractivity contribution in [3.8, 4) is 11.5 Å². The third-order valence-electron chi connectivity index (χ3n) is 5.21. The number of ether oxygens (including phenoxy) is 2. The molecule has 32 heavy (non-hydrogen) atoms. The van der Waals surface area contributed by atoms with Gasteiger partial charge in [0.2, 0.25) is 0 Å². The predicted molar refractivity (Wildman–Crippen MR) is 127 cm³/mol. The van der Waals surface area contributed by atoms with Crippen molar-refractivity contribution in [3.05, 3.63) is 71.8 Å². The number of benzene rings is 3. The molecular formula is C24H21N3O4S. The minimum Gasteiger partial charge on any atom is -0.486 e. The van der Waals surface area contributed by atoms with Gasteiger partial charge in [-0.25, -0.2) is 4.99 Å². The summed E-state index contributed by atoms with van der Waals surface area (Å²) in [6, 6.07) is 18.2. The van der Waals surface area contributed by atoms with Crippen LogP contribution in [0, 0.1) is 6.92 Å². The number of thiol groups is 1. The van der Waals surface area contributed by atoms with Crippen LogP contribution in [0.5, 0.6) is 11.5 Å². The lowest BCUT2D eigenvalue weighted by molar-refractivity contribution is 0.102. The van der Waals surface area contributed by atoms with Crippen LogP contribution in [0.1, 0.15) is 15.9 Å². The number of amides is 2. The van der Waals surface area contributed by atoms with E-state index < -0.39 is 10.9 Å². The lowest BCUT2D eigenvalue weighted by Gasteiger charge is -2.19. The van der Waals surface area contributed by atoms with E-state index in [-0.39, 0.29) is 11.1 Å². The number of fused-ring (bicyclic) bond motifs is 2. The second kappa shape index (κ2) is 8.39. The molecule has 0 spiro atoms. The van der Waals surface area contributed by atoms with Crippen LogP contribution in [0.4, 0.5) is 21.9 Å². The zero-order valence-electron chi connectivity index (χ0n) is 17.3. The number of para-hydroxylation sites is 1. The van der Waals surface area contributed by atoms with E-state index in [0.29, 0.717) is 41.7 Å². The van der Waals surface area contributed by atoms with Crippen LogP contribution in [-0.2, 0) is 0 Å². The lowest BCUT2D eigenvalue weighted by Crippen LogP contribution is -2.17. The van der Waals surface area contributed by atoms with Gasteiger partial charge in [0.15, 0.2) is 11.5 Å². The molecule has 8 heteroatoms. The third kappa shape index (κ3) is 3.92. The SMILES string of the molecule is Cc1ccc(NC(=O)c2ccc3c(c2)OCCO3)cc1NC(=O)[SH]1C=Nc2ccccc21. The number of aliphatic imine (C=N–C) groups is 1. The molecule has 0 saturated heterocycles. The Morgan fingerprint density at radius 2 is 1.75 bits per heavy atom. The van der Waals surface area contributed by atoms with Gasteiger partial charge in [0.25, 0.3) is 11.1 Å². The average Bonchev–Trinajstić information content (AvgIpc) is 3.25. The summed E-state index contributed by atoms with van der Waals surface area (Å²) in [6.07, 6.45) is 0. The second-order valence-electron chi connectivity index (χ2n) is 7.38. The molecule has 3 aromatic rings. The van der Waals surface area contributed by atoms with Gasteiger partial charge < -0.3 is 20.1 Å². The van der Waals surface area contributed by atoms with Gasteiger partial charge in [0.1, 0.15) is 13.2 Å². The molecule has 0 bridgehead atoms. The molecule has 0 saturated carbocycles. The van der Waals surface area contributed by atoms with Crippen molar-refractivity contribution in [1.82, 2.24) is 0 Å². The van der Waals surface area contributed by atoms with Gasteiger partial charge in [-0.1, -0.05) is 18.2 Å². The number of anilines is 2. The number of carbonyl (C=O) groups is 2. The van der Waals surface area contributed by atoms with Crippen LogP contribution in [0.3, 0.4) is 0 Å². The Morgan fingerprint density at radius 1 is 0.938 bits per heavy atom. The first-order valence-corrected chi connectivity index (χ1v) is 11.5. The number of carbonyl (C=O) groups excluding carboxylic acids is 2. The molecule has 162 valence electrons. The Kier molecular flexibility index (Phi) is 5.28. The van der Waals surface area contributed by atoms with Crippen LogP contribution in [0.15, 0.2) is 70.6 Å². The third-order valence-corrected chi connectivity index (χ3v) is 7.01. The molecule has 0 aliphatic carbocycles. The van der Waals surface area contributed by atoms with E-state index in [0.717, 1.165) is 16.1 Å². The maximum Gasteiger partial charge on any atom is 0.272 e. The zero-order valence-corrected chi connectivity index (χ0v) is 18.2. The first-order valence-electron chi connectivity index (χ1n) is 10.1. The van der Waals surface area contributed by atoms with Gasteiger partial charge >= 0.3 is 0 Å². The van der Waals surface area contributed by atoms with Crippen LogP contribution >= 0.6 is 10.9 Å². The van der Waals surface area contributed by atoms with Crippen LogP contribution in [0.25, 0.3) is 0 Å². The highest BCUT2D eigenvalue weighted by Crippen LogP contribution is 2.46.